The summed E-state index contributed by atoms with van der Waals surface area (Å²) in [4.78, 5) is 12.0. The third-order valence-corrected chi connectivity index (χ3v) is 3.15. The Kier molecular flexibility index (Phi) is 2.83. The lowest BCUT2D eigenvalue weighted by atomic mass is 10.2. The van der Waals surface area contributed by atoms with E-state index in [1.165, 1.54) is 0 Å². The van der Waals surface area contributed by atoms with Gasteiger partial charge in [0.05, 0.1) is 5.69 Å². The molecule has 5 heteroatoms. The first-order valence-corrected chi connectivity index (χ1v) is 5.57. The Morgan fingerprint density at radius 3 is 3.13 bits per heavy atom. The predicted molar refractivity (Wildman–Crippen MR) is 59.9 cm³/mol. The Labute approximate surface area is 92.2 Å². The number of amides is 1. The molecule has 2 rings (SSSR count). The van der Waals surface area contributed by atoms with Gasteiger partial charge in [0.25, 0.3) is 0 Å². The molecule has 1 aliphatic heterocycles. The Balaban J connectivity index is 2.20. The van der Waals surface area contributed by atoms with E-state index in [0.717, 1.165) is 10.6 Å². The van der Waals surface area contributed by atoms with Gasteiger partial charge in [0.15, 0.2) is 5.56 Å². The minimum Gasteiger partial charge on any atom is -0.366 e. The monoisotopic (exact) mass is 224 g/mol. The van der Waals surface area contributed by atoms with Crippen molar-refractivity contribution in [2.24, 2.45) is 5.73 Å². The molecule has 0 aliphatic carbocycles. The molecule has 0 spiro atoms. The van der Waals surface area contributed by atoms with E-state index in [4.69, 9.17) is 10.5 Å². The van der Waals surface area contributed by atoms with Crippen molar-refractivity contribution in [3.63, 3.8) is 0 Å². The average Bonchev–Trinajstić information content (AvgIpc) is 2.59. The molecule has 15 heavy (non-hydrogen) atoms. The Bertz CT molecular complexity index is 395. The normalized spacial score (nSPS) is 18.3. The number of hydrogen-bond acceptors (Lipinski definition) is 4. The molecule has 0 bridgehead atoms. The lowest BCUT2D eigenvalue weighted by Gasteiger charge is -2.08. The highest BCUT2D eigenvalue weighted by atomic mass is 32.2. The third kappa shape index (κ3) is 2.08. The van der Waals surface area contributed by atoms with Crippen molar-refractivity contribution in [3.8, 4) is 0 Å². The van der Waals surface area contributed by atoms with Crippen molar-refractivity contribution in [3.05, 3.63) is 23.8 Å². The van der Waals surface area contributed by atoms with Crippen LogP contribution in [-0.2, 0) is 4.74 Å². The van der Waals surface area contributed by atoms with Gasteiger partial charge >= 0.3 is 0 Å². The summed E-state index contributed by atoms with van der Waals surface area (Å²) in [6.45, 7) is 2.60. The van der Waals surface area contributed by atoms with Crippen LogP contribution in [0.2, 0.25) is 0 Å². The van der Waals surface area contributed by atoms with Crippen LogP contribution in [0.25, 0.3) is 0 Å². The first kappa shape index (κ1) is 10.3. The number of nitrogens with one attached hydrogen (secondary N) is 1. The Morgan fingerprint density at radius 1 is 1.67 bits per heavy atom. The van der Waals surface area contributed by atoms with Gasteiger partial charge in [0.2, 0.25) is 5.91 Å². The maximum Gasteiger partial charge on any atom is 0.248 e. The van der Waals surface area contributed by atoms with Gasteiger partial charge in [-0.1, -0.05) is 11.8 Å². The lowest BCUT2D eigenvalue weighted by Crippen LogP contribution is -2.14. The zero-order valence-corrected chi connectivity index (χ0v) is 9.14. The molecule has 1 aliphatic rings. The van der Waals surface area contributed by atoms with Crippen LogP contribution in [0.1, 0.15) is 17.3 Å². The second kappa shape index (κ2) is 4.12. The number of rotatable bonds is 3. The molecule has 0 saturated carbocycles. The number of anilines is 1. The summed E-state index contributed by atoms with van der Waals surface area (Å²) in [5.41, 5.74) is 6.66. The van der Waals surface area contributed by atoms with Gasteiger partial charge in [-0.25, -0.2) is 0 Å². The SMILES string of the molecule is CCOC1Nc2ccc(C(N)=O)cc2S1. The van der Waals surface area contributed by atoms with Crippen molar-refractivity contribution in [1.29, 1.82) is 0 Å². The van der Waals surface area contributed by atoms with Crippen LogP contribution in [0.15, 0.2) is 23.1 Å². The van der Waals surface area contributed by atoms with Gasteiger partial charge in [-0.3, -0.25) is 4.79 Å². The molecule has 1 unspecified atom stereocenters. The van der Waals surface area contributed by atoms with E-state index >= 15 is 0 Å². The van der Waals surface area contributed by atoms with Crippen molar-refractivity contribution in [2.45, 2.75) is 17.4 Å². The Morgan fingerprint density at radius 2 is 2.47 bits per heavy atom. The summed E-state index contributed by atoms with van der Waals surface area (Å²) in [5, 5.41) is 3.19. The molecule has 1 aromatic rings. The summed E-state index contributed by atoms with van der Waals surface area (Å²) in [6, 6.07) is 5.35. The Hall–Kier alpha value is -1.20. The fourth-order valence-corrected chi connectivity index (χ4v) is 2.46. The van der Waals surface area contributed by atoms with Crippen LogP contribution in [-0.4, -0.2) is 18.1 Å². The highest BCUT2D eigenvalue weighted by Crippen LogP contribution is 2.39. The molecule has 1 aromatic carbocycles. The number of carbonyl (C=O) groups excluding carboxylic acids is 1. The topological polar surface area (TPSA) is 64.3 Å². The maximum atomic E-state index is 11.0. The highest BCUT2D eigenvalue weighted by Gasteiger charge is 2.22. The summed E-state index contributed by atoms with van der Waals surface area (Å²) >= 11 is 1.55. The third-order valence-electron chi connectivity index (χ3n) is 2.09. The van der Waals surface area contributed by atoms with Gasteiger partial charge < -0.3 is 15.8 Å². The van der Waals surface area contributed by atoms with E-state index in [1.54, 1.807) is 23.9 Å². The van der Waals surface area contributed by atoms with Gasteiger partial charge in [-0.15, -0.1) is 0 Å². The number of thioether (sulfide) groups is 1. The van der Waals surface area contributed by atoms with Crippen molar-refractivity contribution in [1.82, 2.24) is 0 Å². The maximum absolute atomic E-state index is 11.0. The smallest absolute Gasteiger partial charge is 0.248 e. The van der Waals surface area contributed by atoms with Crippen molar-refractivity contribution >= 4 is 23.4 Å². The summed E-state index contributed by atoms with van der Waals surface area (Å²) in [5.74, 6) is -0.404. The molecule has 4 nitrogen and oxygen atoms in total. The minimum atomic E-state index is -0.404. The average molecular weight is 224 g/mol. The van der Waals surface area contributed by atoms with Crippen molar-refractivity contribution < 1.29 is 9.53 Å². The lowest BCUT2D eigenvalue weighted by molar-refractivity contribution is 0.1000. The standard InChI is InChI=1S/C10H12N2O2S/c1-2-14-10-12-7-4-3-6(9(11)13)5-8(7)15-10/h3-5,10,12H,2H2,1H3,(H2,11,13). The van der Waals surface area contributed by atoms with Gasteiger partial charge in [-0.2, -0.15) is 0 Å². The summed E-state index contributed by atoms with van der Waals surface area (Å²) in [6.07, 6.45) is 0. The van der Waals surface area contributed by atoms with Crippen molar-refractivity contribution in [2.75, 3.05) is 11.9 Å². The molecule has 0 radical (unpaired) electrons. The second-order valence-electron chi connectivity index (χ2n) is 3.12. The van der Waals surface area contributed by atoms with E-state index in [1.807, 2.05) is 13.0 Å². The molecular weight excluding hydrogens is 212 g/mol. The van der Waals surface area contributed by atoms with Crippen LogP contribution in [0.4, 0.5) is 5.69 Å². The largest absolute Gasteiger partial charge is 0.366 e. The molecule has 3 N–H and O–H groups in total. The van der Waals surface area contributed by atoms with Gasteiger partial charge in [0, 0.05) is 17.1 Å². The molecule has 1 heterocycles. The number of carbonyl (C=O) groups is 1. The quantitative estimate of drug-likeness (QED) is 0.819. The summed E-state index contributed by atoms with van der Waals surface area (Å²) in [7, 11) is 0. The van der Waals surface area contributed by atoms with E-state index in [0.29, 0.717) is 12.2 Å². The summed E-state index contributed by atoms with van der Waals surface area (Å²) < 4.78 is 5.42. The van der Waals surface area contributed by atoms with Crippen LogP contribution in [0, 0.1) is 0 Å². The minimum absolute atomic E-state index is 0.0619. The molecule has 0 aromatic heterocycles. The zero-order chi connectivity index (χ0) is 10.8. The predicted octanol–water partition coefficient (Wildman–Crippen LogP) is 1.62. The molecule has 1 atom stereocenters. The van der Waals surface area contributed by atoms with Crippen LogP contribution in [0.5, 0.6) is 0 Å². The number of benzene rings is 1. The van der Waals surface area contributed by atoms with E-state index in [-0.39, 0.29) is 5.56 Å². The fourth-order valence-electron chi connectivity index (χ4n) is 1.39. The first-order chi connectivity index (χ1) is 7.20. The van der Waals surface area contributed by atoms with Gasteiger partial charge in [0.1, 0.15) is 0 Å². The highest BCUT2D eigenvalue weighted by molar-refractivity contribution is 8.00. The fraction of sp³-hybridized carbons (Fsp3) is 0.300. The second-order valence-corrected chi connectivity index (χ2v) is 4.23. The van der Waals surface area contributed by atoms with Crippen LogP contribution >= 0.6 is 11.8 Å². The molecule has 0 fully saturated rings. The van der Waals surface area contributed by atoms with E-state index < -0.39 is 5.91 Å². The number of primary amides is 1. The number of hydrogen-bond donors (Lipinski definition) is 2. The van der Waals surface area contributed by atoms with Crippen LogP contribution in [0.3, 0.4) is 0 Å². The van der Waals surface area contributed by atoms with E-state index in [2.05, 4.69) is 5.32 Å². The molecular formula is C10H12N2O2S. The number of fused-ring (bicyclic) bond motifs is 1. The molecule has 1 amide bonds. The van der Waals surface area contributed by atoms with Crippen LogP contribution < -0.4 is 11.1 Å². The van der Waals surface area contributed by atoms with Gasteiger partial charge in [-0.05, 0) is 25.1 Å². The molecule has 80 valence electrons. The van der Waals surface area contributed by atoms with E-state index in [9.17, 15) is 4.79 Å². The first-order valence-electron chi connectivity index (χ1n) is 4.69. The zero-order valence-electron chi connectivity index (χ0n) is 8.32. The number of nitrogens with two attached hydrogens (primary N) is 1. The number of ether oxygens (including phenoxy) is 1. The molecule has 0 saturated heterocycles.